The van der Waals surface area contributed by atoms with Crippen LogP contribution in [0.4, 0.5) is 5.82 Å². The Balaban J connectivity index is 1.57. The van der Waals surface area contributed by atoms with E-state index < -0.39 is 5.38 Å². The molecule has 1 saturated heterocycles. The van der Waals surface area contributed by atoms with Crippen molar-refractivity contribution in [3.63, 3.8) is 0 Å². The zero-order valence-corrected chi connectivity index (χ0v) is 17.1. The van der Waals surface area contributed by atoms with Crippen LogP contribution < -0.4 is 16.2 Å². The zero-order chi connectivity index (χ0) is 19.2. The van der Waals surface area contributed by atoms with Crippen LogP contribution in [0.25, 0.3) is 5.70 Å². The van der Waals surface area contributed by atoms with E-state index >= 15 is 0 Å². The van der Waals surface area contributed by atoms with E-state index in [1.807, 2.05) is 25.2 Å². The Morgan fingerprint density at radius 3 is 2.63 bits per heavy atom. The number of hydrogen-bond donors (Lipinski definition) is 1. The average Bonchev–Trinajstić information content (AvgIpc) is 2.98. The summed E-state index contributed by atoms with van der Waals surface area (Å²) in [4.78, 5) is 19.8. The summed E-state index contributed by atoms with van der Waals surface area (Å²) in [5, 5.41) is -0.800. The highest BCUT2D eigenvalue weighted by atomic mass is 35.5. The molecule has 0 radical (unpaired) electrons. The Hall–Kier alpha value is -1.30. The molecule has 1 spiro atoms. The van der Waals surface area contributed by atoms with Crippen molar-refractivity contribution in [3.05, 3.63) is 40.5 Å². The Kier molecular flexibility index (Phi) is 5.12. The molecule has 1 saturated carbocycles. The number of hydrogen-bond acceptors (Lipinski definition) is 4. The largest absolute Gasteiger partial charge is 0.356 e. The molecular weight excluding hydrogens is 383 g/mol. The molecule has 2 fully saturated rings. The highest BCUT2D eigenvalue weighted by Gasteiger charge is 2.43. The van der Waals surface area contributed by atoms with Crippen molar-refractivity contribution in [1.29, 1.82) is 0 Å². The summed E-state index contributed by atoms with van der Waals surface area (Å²) >= 11 is 12.6. The molecular formula is C20H26Cl2N4O. The first-order valence-corrected chi connectivity index (χ1v) is 10.6. The number of aryl methyl sites for hydroxylation is 1. The SMILES string of the molecule is Cc1nc(N2CCC3(CCC[C@H]3N)CC2)cc(=O)n1C1=CC=CC(Cl)[C@@H]1Cl. The number of nitrogens with zero attached hydrogens (tertiary/aromatic N) is 3. The molecule has 4 rings (SSSR count). The number of nitrogens with two attached hydrogens (primary N) is 1. The molecule has 3 aliphatic rings. The third-order valence-corrected chi connectivity index (χ3v) is 7.54. The van der Waals surface area contributed by atoms with Crippen molar-refractivity contribution in [3.8, 4) is 0 Å². The van der Waals surface area contributed by atoms with Crippen molar-refractivity contribution >= 4 is 34.7 Å². The molecule has 1 aliphatic heterocycles. The van der Waals surface area contributed by atoms with Gasteiger partial charge in [-0.25, -0.2) is 4.98 Å². The second-order valence-corrected chi connectivity index (χ2v) is 8.98. The molecule has 7 heteroatoms. The van der Waals surface area contributed by atoms with Crippen LogP contribution in [0.3, 0.4) is 0 Å². The summed E-state index contributed by atoms with van der Waals surface area (Å²) in [7, 11) is 0. The van der Waals surface area contributed by atoms with Gasteiger partial charge in [0.2, 0.25) is 0 Å². The van der Waals surface area contributed by atoms with E-state index in [1.54, 1.807) is 10.6 Å². The number of rotatable bonds is 2. The number of anilines is 1. The fourth-order valence-electron chi connectivity index (χ4n) is 4.84. The third-order valence-electron chi connectivity index (χ3n) is 6.51. The molecule has 2 aliphatic carbocycles. The summed E-state index contributed by atoms with van der Waals surface area (Å²) in [6.45, 7) is 3.64. The summed E-state index contributed by atoms with van der Waals surface area (Å²) in [5.74, 6) is 1.38. The van der Waals surface area contributed by atoms with Gasteiger partial charge in [0.15, 0.2) is 0 Å². The molecule has 3 atom stereocenters. The molecule has 1 unspecified atom stereocenters. The Morgan fingerprint density at radius 2 is 2.00 bits per heavy atom. The average molecular weight is 409 g/mol. The minimum absolute atomic E-state index is 0.119. The lowest BCUT2D eigenvalue weighted by molar-refractivity contribution is 0.197. The zero-order valence-electron chi connectivity index (χ0n) is 15.6. The quantitative estimate of drug-likeness (QED) is 0.762. The summed E-state index contributed by atoms with van der Waals surface area (Å²) in [6, 6.07) is 1.93. The second kappa shape index (κ2) is 7.26. The molecule has 0 aromatic carbocycles. The van der Waals surface area contributed by atoms with Crippen molar-refractivity contribution in [2.24, 2.45) is 11.1 Å². The van der Waals surface area contributed by atoms with Crippen molar-refractivity contribution < 1.29 is 0 Å². The van der Waals surface area contributed by atoms with Crippen molar-refractivity contribution in [2.45, 2.75) is 55.8 Å². The summed E-state index contributed by atoms with van der Waals surface area (Å²) in [5.41, 5.74) is 7.23. The Bertz CT molecular complexity index is 839. The van der Waals surface area contributed by atoms with Gasteiger partial charge in [0, 0.05) is 30.9 Å². The summed E-state index contributed by atoms with van der Waals surface area (Å²) < 4.78 is 1.57. The topological polar surface area (TPSA) is 64.2 Å². The molecule has 146 valence electrons. The lowest BCUT2D eigenvalue weighted by atomic mass is 9.74. The van der Waals surface area contributed by atoms with Crippen LogP contribution in [0.2, 0.25) is 0 Å². The van der Waals surface area contributed by atoms with Gasteiger partial charge in [-0.15, -0.1) is 23.2 Å². The molecule has 1 aromatic rings. The predicted octanol–water partition coefficient (Wildman–Crippen LogP) is 3.28. The maximum Gasteiger partial charge on any atom is 0.259 e. The maximum atomic E-state index is 12.9. The van der Waals surface area contributed by atoms with Gasteiger partial charge in [-0.05, 0) is 44.1 Å². The second-order valence-electron chi connectivity index (χ2n) is 8.01. The van der Waals surface area contributed by atoms with Gasteiger partial charge < -0.3 is 10.6 Å². The lowest BCUT2D eigenvalue weighted by Crippen LogP contribution is -2.47. The van der Waals surface area contributed by atoms with E-state index in [1.165, 1.54) is 12.8 Å². The Labute approximate surface area is 169 Å². The first-order chi connectivity index (χ1) is 12.9. The molecule has 2 N–H and O–H groups in total. The van der Waals surface area contributed by atoms with Crippen molar-refractivity contribution in [2.75, 3.05) is 18.0 Å². The van der Waals surface area contributed by atoms with Crippen LogP contribution in [0.1, 0.15) is 37.9 Å². The van der Waals surface area contributed by atoms with Crippen LogP contribution in [0.15, 0.2) is 29.1 Å². The fourth-order valence-corrected chi connectivity index (χ4v) is 5.30. The van der Waals surface area contributed by atoms with Crippen molar-refractivity contribution in [1.82, 2.24) is 9.55 Å². The highest BCUT2D eigenvalue weighted by molar-refractivity contribution is 6.34. The van der Waals surface area contributed by atoms with Gasteiger partial charge in [0.1, 0.15) is 11.6 Å². The van der Waals surface area contributed by atoms with Gasteiger partial charge in [-0.1, -0.05) is 18.6 Å². The fraction of sp³-hybridized carbons (Fsp3) is 0.600. The van der Waals surface area contributed by atoms with Crippen LogP contribution >= 0.6 is 23.2 Å². The van der Waals surface area contributed by atoms with Crippen LogP contribution in [-0.4, -0.2) is 39.4 Å². The van der Waals surface area contributed by atoms with E-state index in [0.29, 0.717) is 23.0 Å². The molecule has 2 heterocycles. The smallest absolute Gasteiger partial charge is 0.259 e. The van der Waals surface area contributed by atoms with E-state index in [9.17, 15) is 4.79 Å². The van der Waals surface area contributed by atoms with Gasteiger partial charge >= 0.3 is 0 Å². The van der Waals surface area contributed by atoms with E-state index in [-0.39, 0.29) is 10.9 Å². The molecule has 27 heavy (non-hydrogen) atoms. The molecule has 0 bridgehead atoms. The normalized spacial score (nSPS) is 30.0. The first-order valence-electron chi connectivity index (χ1n) is 9.69. The van der Waals surface area contributed by atoms with E-state index in [4.69, 9.17) is 33.9 Å². The molecule has 1 aromatic heterocycles. The van der Waals surface area contributed by atoms with Crippen LogP contribution in [0, 0.1) is 12.3 Å². The Morgan fingerprint density at radius 1 is 1.26 bits per heavy atom. The minimum atomic E-state index is -0.459. The number of halogens is 2. The first kappa shape index (κ1) is 19.0. The number of piperidine rings is 1. The van der Waals surface area contributed by atoms with Crippen LogP contribution in [0.5, 0.6) is 0 Å². The molecule has 5 nitrogen and oxygen atoms in total. The third kappa shape index (κ3) is 3.34. The van der Waals surface area contributed by atoms with Gasteiger partial charge in [-0.2, -0.15) is 0 Å². The number of alkyl halides is 2. The standard InChI is InChI=1S/C20H26Cl2N4O/c1-13-24-17(25-10-8-20(9-11-25)7-3-6-16(20)23)12-18(27)26(13)15-5-2-4-14(21)19(15)22/h2,4-5,12,14,16,19H,3,6-11,23H2,1H3/t14?,16-,19+/m1/s1. The molecule has 0 amide bonds. The summed E-state index contributed by atoms with van der Waals surface area (Å²) in [6.07, 6.45) is 11.2. The van der Waals surface area contributed by atoms with Gasteiger partial charge in [0.25, 0.3) is 5.56 Å². The number of aromatic nitrogens is 2. The van der Waals surface area contributed by atoms with Gasteiger partial charge in [-0.3, -0.25) is 9.36 Å². The van der Waals surface area contributed by atoms with Crippen LogP contribution in [-0.2, 0) is 0 Å². The predicted molar refractivity (Wildman–Crippen MR) is 112 cm³/mol. The lowest BCUT2D eigenvalue weighted by Gasteiger charge is -2.42. The monoisotopic (exact) mass is 408 g/mol. The van der Waals surface area contributed by atoms with E-state index in [2.05, 4.69) is 4.90 Å². The van der Waals surface area contributed by atoms with E-state index in [0.717, 1.165) is 38.2 Å². The minimum Gasteiger partial charge on any atom is -0.356 e. The maximum absolute atomic E-state index is 12.9. The number of allylic oxidation sites excluding steroid dienone is 4. The highest BCUT2D eigenvalue weighted by Crippen LogP contribution is 2.45. The van der Waals surface area contributed by atoms with Gasteiger partial charge in [0.05, 0.1) is 10.8 Å².